The molecular formula is C15H10ClF3NO2. The van der Waals surface area contributed by atoms with E-state index in [2.05, 4.69) is 16.1 Å². The third-order valence-electron chi connectivity index (χ3n) is 2.49. The van der Waals surface area contributed by atoms with Gasteiger partial charge in [0.1, 0.15) is 18.6 Å². The number of benzene rings is 2. The largest absolute Gasteiger partial charge is 0.573 e. The molecule has 0 atom stereocenters. The second-order valence-corrected chi connectivity index (χ2v) is 4.56. The predicted octanol–water partition coefficient (Wildman–Crippen LogP) is 4.67. The van der Waals surface area contributed by atoms with Gasteiger partial charge in [-0.1, -0.05) is 47.1 Å². The van der Waals surface area contributed by atoms with Gasteiger partial charge in [-0.05, 0) is 23.8 Å². The van der Waals surface area contributed by atoms with E-state index in [1.807, 2.05) is 0 Å². The summed E-state index contributed by atoms with van der Waals surface area (Å²) in [5.41, 5.74) is 1.22. The van der Waals surface area contributed by atoms with E-state index in [0.29, 0.717) is 16.1 Å². The molecule has 2 aromatic rings. The molecule has 2 rings (SSSR count). The van der Waals surface area contributed by atoms with Gasteiger partial charge >= 0.3 is 6.36 Å². The maximum Gasteiger partial charge on any atom is 0.573 e. The molecule has 0 fully saturated rings. The minimum absolute atomic E-state index is 0.0871. The Kier molecular flexibility index (Phi) is 5.27. The summed E-state index contributed by atoms with van der Waals surface area (Å²) in [4.78, 5) is 5.01. The highest BCUT2D eigenvalue weighted by molar-refractivity contribution is 6.33. The van der Waals surface area contributed by atoms with E-state index >= 15 is 0 Å². The molecule has 0 N–H and O–H groups in total. The lowest BCUT2D eigenvalue weighted by molar-refractivity contribution is -0.274. The van der Waals surface area contributed by atoms with Crippen molar-refractivity contribution in [3.63, 3.8) is 0 Å². The van der Waals surface area contributed by atoms with E-state index < -0.39 is 6.36 Å². The van der Waals surface area contributed by atoms with Gasteiger partial charge < -0.3 is 9.57 Å². The molecule has 0 unspecified atom stereocenters. The maximum atomic E-state index is 12.0. The SMILES string of the molecule is FC(F)(F)Oc1ccc(CO/N=[C]\c2ccccc2Cl)cc1. The smallest absolute Gasteiger partial charge is 0.406 e. The first-order valence-electron chi connectivity index (χ1n) is 6.11. The average molecular weight is 329 g/mol. The van der Waals surface area contributed by atoms with Gasteiger partial charge in [0.05, 0.1) is 5.02 Å². The quantitative estimate of drug-likeness (QED) is 0.590. The van der Waals surface area contributed by atoms with Gasteiger partial charge in [-0.25, -0.2) is 0 Å². The lowest BCUT2D eigenvalue weighted by Gasteiger charge is -2.08. The Hall–Kier alpha value is -2.21. The molecule has 0 aliphatic carbocycles. The Morgan fingerprint density at radius 1 is 1.05 bits per heavy atom. The monoisotopic (exact) mass is 328 g/mol. The Bertz CT molecular complexity index is 642. The number of ether oxygens (including phenoxy) is 1. The highest BCUT2D eigenvalue weighted by Gasteiger charge is 2.30. The lowest BCUT2D eigenvalue weighted by Crippen LogP contribution is -2.17. The van der Waals surface area contributed by atoms with Crippen molar-refractivity contribution in [1.29, 1.82) is 0 Å². The zero-order valence-electron chi connectivity index (χ0n) is 11.1. The van der Waals surface area contributed by atoms with Crippen molar-refractivity contribution in [2.75, 3.05) is 0 Å². The maximum absolute atomic E-state index is 12.0. The first-order chi connectivity index (χ1) is 10.4. The zero-order valence-corrected chi connectivity index (χ0v) is 11.9. The molecule has 0 spiro atoms. The number of rotatable bonds is 5. The molecule has 22 heavy (non-hydrogen) atoms. The average Bonchev–Trinajstić information content (AvgIpc) is 2.45. The molecule has 0 aromatic heterocycles. The van der Waals surface area contributed by atoms with Crippen LogP contribution in [0.15, 0.2) is 53.7 Å². The number of halogens is 4. The van der Waals surface area contributed by atoms with Crippen molar-refractivity contribution in [1.82, 2.24) is 0 Å². The van der Waals surface area contributed by atoms with Crippen LogP contribution in [0.3, 0.4) is 0 Å². The standard InChI is InChI=1S/C15H10ClF3NO2/c16-14-4-2-1-3-12(14)9-20-21-10-11-5-7-13(8-6-11)22-15(17,18)19/h1-8H,10H2. The van der Waals surface area contributed by atoms with Gasteiger partial charge in [0, 0.05) is 5.56 Å². The Labute approximate surface area is 129 Å². The number of nitrogens with zero attached hydrogens (tertiary/aromatic N) is 1. The highest BCUT2D eigenvalue weighted by Crippen LogP contribution is 2.22. The Morgan fingerprint density at radius 3 is 2.36 bits per heavy atom. The molecule has 2 aromatic carbocycles. The van der Waals surface area contributed by atoms with Crippen LogP contribution in [0.2, 0.25) is 5.02 Å². The number of hydrogen-bond acceptors (Lipinski definition) is 3. The summed E-state index contributed by atoms with van der Waals surface area (Å²) in [6.07, 6.45) is -2.08. The van der Waals surface area contributed by atoms with Crippen LogP contribution in [-0.4, -0.2) is 12.6 Å². The number of alkyl halides is 3. The molecule has 0 saturated carbocycles. The minimum Gasteiger partial charge on any atom is -0.406 e. The summed E-state index contributed by atoms with van der Waals surface area (Å²) in [6.45, 7) is 0.0871. The van der Waals surface area contributed by atoms with Crippen LogP contribution in [0, 0.1) is 0 Å². The van der Waals surface area contributed by atoms with Crippen molar-refractivity contribution in [2.45, 2.75) is 13.0 Å². The van der Waals surface area contributed by atoms with Gasteiger partial charge in [-0.2, -0.15) is 0 Å². The lowest BCUT2D eigenvalue weighted by atomic mass is 10.2. The molecule has 0 aliphatic heterocycles. The third-order valence-corrected chi connectivity index (χ3v) is 2.82. The molecule has 0 amide bonds. The second kappa shape index (κ2) is 7.17. The summed E-state index contributed by atoms with van der Waals surface area (Å²) >= 11 is 5.91. The van der Waals surface area contributed by atoms with Gasteiger partial charge in [0.2, 0.25) is 0 Å². The van der Waals surface area contributed by atoms with E-state index in [9.17, 15) is 13.2 Å². The summed E-state index contributed by atoms with van der Waals surface area (Å²) in [5, 5.41) is 4.12. The van der Waals surface area contributed by atoms with E-state index in [1.165, 1.54) is 24.3 Å². The van der Waals surface area contributed by atoms with Crippen molar-refractivity contribution >= 4 is 17.8 Å². The van der Waals surface area contributed by atoms with Crippen molar-refractivity contribution in [3.8, 4) is 5.75 Å². The third kappa shape index (κ3) is 5.29. The Balaban J connectivity index is 1.86. The van der Waals surface area contributed by atoms with Gasteiger partial charge in [0.15, 0.2) is 0 Å². The van der Waals surface area contributed by atoms with Crippen LogP contribution >= 0.6 is 11.6 Å². The molecule has 0 saturated heterocycles. The van der Waals surface area contributed by atoms with Crippen LogP contribution in [0.1, 0.15) is 11.1 Å². The van der Waals surface area contributed by atoms with Gasteiger partial charge in [-0.15, -0.1) is 13.2 Å². The van der Waals surface area contributed by atoms with Gasteiger partial charge in [-0.3, -0.25) is 0 Å². The number of hydrogen-bond donors (Lipinski definition) is 0. The molecule has 1 radical (unpaired) electrons. The van der Waals surface area contributed by atoms with E-state index in [-0.39, 0.29) is 12.4 Å². The summed E-state index contributed by atoms with van der Waals surface area (Å²) in [7, 11) is 0. The molecule has 7 heteroatoms. The highest BCUT2D eigenvalue weighted by atomic mass is 35.5. The fourth-order valence-corrected chi connectivity index (χ4v) is 1.71. The fourth-order valence-electron chi connectivity index (χ4n) is 1.53. The molecular weight excluding hydrogens is 319 g/mol. The molecule has 0 bridgehead atoms. The first kappa shape index (κ1) is 16.2. The van der Waals surface area contributed by atoms with Gasteiger partial charge in [0.25, 0.3) is 0 Å². The van der Waals surface area contributed by atoms with Crippen LogP contribution in [0.4, 0.5) is 13.2 Å². The van der Waals surface area contributed by atoms with Crippen molar-refractivity contribution in [3.05, 3.63) is 64.7 Å². The first-order valence-corrected chi connectivity index (χ1v) is 6.49. The normalized spacial score (nSPS) is 11.6. The predicted molar refractivity (Wildman–Crippen MR) is 75.9 cm³/mol. The second-order valence-electron chi connectivity index (χ2n) is 4.15. The minimum atomic E-state index is -4.70. The summed E-state index contributed by atoms with van der Waals surface area (Å²) in [6, 6.07) is 12.3. The zero-order chi connectivity index (χ0) is 16.0. The molecule has 115 valence electrons. The van der Waals surface area contributed by atoms with Crippen molar-refractivity contribution < 1.29 is 22.7 Å². The fraction of sp³-hybridized carbons (Fsp3) is 0.133. The molecule has 3 nitrogen and oxygen atoms in total. The summed E-state index contributed by atoms with van der Waals surface area (Å²) in [5.74, 6) is -0.289. The molecule has 0 heterocycles. The van der Waals surface area contributed by atoms with E-state index in [4.69, 9.17) is 16.4 Å². The van der Waals surface area contributed by atoms with Crippen LogP contribution in [0.25, 0.3) is 0 Å². The van der Waals surface area contributed by atoms with Crippen LogP contribution in [-0.2, 0) is 11.4 Å². The summed E-state index contributed by atoms with van der Waals surface area (Å²) < 4.78 is 39.8. The topological polar surface area (TPSA) is 30.8 Å². The van der Waals surface area contributed by atoms with Crippen LogP contribution in [0.5, 0.6) is 5.75 Å². The Morgan fingerprint density at radius 2 is 1.73 bits per heavy atom. The van der Waals surface area contributed by atoms with Crippen molar-refractivity contribution in [2.24, 2.45) is 5.16 Å². The van der Waals surface area contributed by atoms with Crippen LogP contribution < -0.4 is 4.74 Å². The van der Waals surface area contributed by atoms with E-state index in [0.717, 1.165) is 0 Å². The molecule has 0 aliphatic rings. The van der Waals surface area contributed by atoms with E-state index in [1.54, 1.807) is 24.3 Å².